The van der Waals surface area contributed by atoms with E-state index in [9.17, 15) is 0 Å². The summed E-state index contributed by atoms with van der Waals surface area (Å²) in [6, 6.07) is 11.3. The summed E-state index contributed by atoms with van der Waals surface area (Å²) in [5.74, 6) is 0.476. The zero-order valence-corrected chi connectivity index (χ0v) is 10.7. The lowest BCUT2D eigenvalue weighted by Gasteiger charge is -2.10. The monoisotopic (exact) mass is 270 g/mol. The van der Waals surface area contributed by atoms with Crippen molar-refractivity contribution in [1.29, 1.82) is 0 Å². The standard InChI is InChI=1S/C14H11ClN4/c15-11-3-1-2-4-12(11)19-9-17-8-13(19)10-5-6-18-14(16)7-10/h1-9H,(H2,16,18). The first-order valence-corrected chi connectivity index (χ1v) is 6.12. The molecule has 0 spiro atoms. The molecule has 2 aromatic heterocycles. The number of nitrogen functional groups attached to an aromatic ring is 1. The van der Waals surface area contributed by atoms with E-state index in [0.717, 1.165) is 16.9 Å². The predicted molar refractivity (Wildman–Crippen MR) is 76.2 cm³/mol. The summed E-state index contributed by atoms with van der Waals surface area (Å²) in [5.41, 5.74) is 8.47. The van der Waals surface area contributed by atoms with Gasteiger partial charge in [0, 0.05) is 11.8 Å². The molecule has 0 unspecified atom stereocenters. The van der Waals surface area contributed by atoms with Crippen LogP contribution < -0.4 is 5.73 Å². The SMILES string of the molecule is Nc1cc(-c2cncn2-c2ccccc2Cl)ccn1. The molecule has 0 bridgehead atoms. The highest BCUT2D eigenvalue weighted by Crippen LogP contribution is 2.27. The van der Waals surface area contributed by atoms with Gasteiger partial charge in [-0.2, -0.15) is 0 Å². The van der Waals surface area contributed by atoms with Gasteiger partial charge in [0.25, 0.3) is 0 Å². The highest BCUT2D eigenvalue weighted by molar-refractivity contribution is 6.32. The van der Waals surface area contributed by atoms with Crippen molar-refractivity contribution in [3.05, 3.63) is 60.1 Å². The number of nitrogens with zero attached hydrogens (tertiary/aromatic N) is 3. The summed E-state index contributed by atoms with van der Waals surface area (Å²) in [5, 5.41) is 0.670. The highest BCUT2D eigenvalue weighted by atomic mass is 35.5. The second-order valence-electron chi connectivity index (χ2n) is 4.07. The van der Waals surface area contributed by atoms with Gasteiger partial charge in [-0.1, -0.05) is 23.7 Å². The molecule has 5 heteroatoms. The van der Waals surface area contributed by atoms with Gasteiger partial charge in [-0.05, 0) is 24.3 Å². The summed E-state index contributed by atoms with van der Waals surface area (Å²) < 4.78 is 1.93. The van der Waals surface area contributed by atoms with Gasteiger partial charge in [0.05, 0.1) is 28.9 Å². The van der Waals surface area contributed by atoms with Crippen LogP contribution in [0.3, 0.4) is 0 Å². The molecule has 1 aromatic carbocycles. The van der Waals surface area contributed by atoms with Gasteiger partial charge in [-0.15, -0.1) is 0 Å². The van der Waals surface area contributed by atoms with E-state index in [4.69, 9.17) is 17.3 Å². The van der Waals surface area contributed by atoms with Gasteiger partial charge in [-0.3, -0.25) is 4.57 Å². The molecule has 0 radical (unpaired) electrons. The minimum atomic E-state index is 0.476. The van der Waals surface area contributed by atoms with Gasteiger partial charge in [-0.25, -0.2) is 9.97 Å². The fourth-order valence-electron chi connectivity index (χ4n) is 1.96. The van der Waals surface area contributed by atoms with Gasteiger partial charge >= 0.3 is 0 Å². The molecular weight excluding hydrogens is 260 g/mol. The average molecular weight is 271 g/mol. The molecule has 2 heterocycles. The molecule has 0 atom stereocenters. The topological polar surface area (TPSA) is 56.7 Å². The van der Waals surface area contributed by atoms with Crippen LogP contribution in [0, 0.1) is 0 Å². The van der Waals surface area contributed by atoms with Crippen molar-refractivity contribution in [3.8, 4) is 16.9 Å². The number of aromatic nitrogens is 3. The lowest BCUT2D eigenvalue weighted by molar-refractivity contribution is 1.06. The largest absolute Gasteiger partial charge is 0.384 e. The van der Waals surface area contributed by atoms with Crippen LogP contribution in [-0.2, 0) is 0 Å². The smallest absolute Gasteiger partial charge is 0.123 e. The van der Waals surface area contributed by atoms with Crippen LogP contribution in [0.25, 0.3) is 16.9 Å². The van der Waals surface area contributed by atoms with E-state index in [1.807, 2.05) is 41.0 Å². The summed E-state index contributed by atoms with van der Waals surface area (Å²) in [6.45, 7) is 0. The Hall–Kier alpha value is -2.33. The first-order chi connectivity index (χ1) is 9.25. The maximum Gasteiger partial charge on any atom is 0.123 e. The molecule has 4 nitrogen and oxygen atoms in total. The number of rotatable bonds is 2. The third-order valence-electron chi connectivity index (χ3n) is 2.83. The maximum absolute atomic E-state index is 6.22. The van der Waals surface area contributed by atoms with Crippen molar-refractivity contribution < 1.29 is 0 Å². The fraction of sp³-hybridized carbons (Fsp3) is 0. The zero-order valence-electron chi connectivity index (χ0n) is 9.99. The average Bonchev–Trinajstić information content (AvgIpc) is 2.88. The van der Waals surface area contributed by atoms with Crippen molar-refractivity contribution in [2.45, 2.75) is 0 Å². The Balaban J connectivity index is 2.16. The Bertz CT molecular complexity index is 721. The van der Waals surface area contributed by atoms with Crippen molar-refractivity contribution in [1.82, 2.24) is 14.5 Å². The van der Waals surface area contributed by atoms with E-state index in [1.54, 1.807) is 18.7 Å². The molecular formula is C14H11ClN4. The minimum Gasteiger partial charge on any atom is -0.384 e. The maximum atomic E-state index is 6.22. The van der Waals surface area contributed by atoms with Crippen LogP contribution in [0.5, 0.6) is 0 Å². The molecule has 3 rings (SSSR count). The third-order valence-corrected chi connectivity index (χ3v) is 3.15. The second kappa shape index (κ2) is 4.74. The minimum absolute atomic E-state index is 0.476. The van der Waals surface area contributed by atoms with E-state index >= 15 is 0 Å². The molecule has 2 N–H and O–H groups in total. The number of anilines is 1. The van der Waals surface area contributed by atoms with Crippen molar-refractivity contribution in [3.63, 3.8) is 0 Å². The number of imidazole rings is 1. The lowest BCUT2D eigenvalue weighted by Crippen LogP contribution is -1.97. The molecule has 0 aliphatic heterocycles. The van der Waals surface area contributed by atoms with Crippen LogP contribution in [-0.4, -0.2) is 14.5 Å². The number of benzene rings is 1. The van der Waals surface area contributed by atoms with E-state index in [0.29, 0.717) is 10.8 Å². The zero-order chi connectivity index (χ0) is 13.2. The Morgan fingerprint density at radius 2 is 2.00 bits per heavy atom. The lowest BCUT2D eigenvalue weighted by atomic mass is 10.2. The van der Waals surface area contributed by atoms with E-state index < -0.39 is 0 Å². The summed E-state index contributed by atoms with van der Waals surface area (Å²) in [7, 11) is 0. The molecule has 0 amide bonds. The first kappa shape index (κ1) is 11.7. The fourth-order valence-corrected chi connectivity index (χ4v) is 2.18. The number of hydrogen-bond donors (Lipinski definition) is 1. The van der Waals surface area contributed by atoms with Gasteiger partial charge in [0.2, 0.25) is 0 Å². The van der Waals surface area contributed by atoms with Gasteiger partial charge in [0.1, 0.15) is 5.82 Å². The highest BCUT2D eigenvalue weighted by Gasteiger charge is 2.09. The Labute approximate surface area is 115 Å². The number of hydrogen-bond acceptors (Lipinski definition) is 3. The molecule has 94 valence electrons. The normalized spacial score (nSPS) is 10.6. The number of halogens is 1. The van der Waals surface area contributed by atoms with Crippen LogP contribution >= 0.6 is 11.6 Å². The van der Waals surface area contributed by atoms with E-state index in [1.165, 1.54) is 0 Å². The Morgan fingerprint density at radius 3 is 2.79 bits per heavy atom. The van der Waals surface area contributed by atoms with E-state index in [-0.39, 0.29) is 0 Å². The third kappa shape index (κ3) is 2.18. The van der Waals surface area contributed by atoms with Crippen LogP contribution in [0.15, 0.2) is 55.1 Å². The molecule has 0 fully saturated rings. The van der Waals surface area contributed by atoms with Gasteiger partial charge < -0.3 is 5.73 Å². The second-order valence-corrected chi connectivity index (χ2v) is 4.48. The number of nitrogens with two attached hydrogens (primary N) is 1. The molecule has 0 aliphatic carbocycles. The first-order valence-electron chi connectivity index (χ1n) is 5.75. The van der Waals surface area contributed by atoms with Crippen LogP contribution in [0.4, 0.5) is 5.82 Å². The van der Waals surface area contributed by atoms with Crippen molar-refractivity contribution >= 4 is 17.4 Å². The van der Waals surface area contributed by atoms with Crippen LogP contribution in [0.1, 0.15) is 0 Å². The Kier molecular flexibility index (Phi) is 2.93. The van der Waals surface area contributed by atoms with E-state index in [2.05, 4.69) is 9.97 Å². The molecule has 3 aromatic rings. The molecule has 0 aliphatic rings. The molecule has 0 saturated carbocycles. The summed E-state index contributed by atoms with van der Waals surface area (Å²) >= 11 is 6.22. The van der Waals surface area contributed by atoms with Crippen molar-refractivity contribution in [2.75, 3.05) is 5.73 Å². The summed E-state index contributed by atoms with van der Waals surface area (Å²) in [4.78, 5) is 8.18. The van der Waals surface area contributed by atoms with Crippen molar-refractivity contribution in [2.24, 2.45) is 0 Å². The summed E-state index contributed by atoms with van der Waals surface area (Å²) in [6.07, 6.45) is 5.18. The van der Waals surface area contributed by atoms with Crippen LogP contribution in [0.2, 0.25) is 5.02 Å². The Morgan fingerprint density at radius 1 is 1.16 bits per heavy atom. The quantitative estimate of drug-likeness (QED) is 0.778. The molecule has 0 saturated heterocycles. The molecule has 19 heavy (non-hydrogen) atoms. The number of pyridine rings is 1. The number of para-hydroxylation sites is 1. The predicted octanol–water partition coefficient (Wildman–Crippen LogP) is 3.17. The van der Waals surface area contributed by atoms with Gasteiger partial charge in [0.15, 0.2) is 0 Å².